The first-order valence-corrected chi connectivity index (χ1v) is 5.62. The molecule has 0 saturated heterocycles. The predicted molar refractivity (Wildman–Crippen MR) is 63.8 cm³/mol. The molecule has 0 aromatic carbocycles. The van der Waals surface area contributed by atoms with Crippen molar-refractivity contribution in [3.8, 4) is 0 Å². The first-order chi connectivity index (χ1) is 8.65. The van der Waals surface area contributed by atoms with E-state index < -0.39 is 12.0 Å². The van der Waals surface area contributed by atoms with E-state index in [9.17, 15) is 4.79 Å². The Hall–Kier alpha value is -1.44. The molecule has 1 atom stereocenters. The van der Waals surface area contributed by atoms with Gasteiger partial charge in [0.1, 0.15) is 12.6 Å². The van der Waals surface area contributed by atoms with Crippen LogP contribution in [0.5, 0.6) is 0 Å². The zero-order valence-corrected chi connectivity index (χ0v) is 10.7. The van der Waals surface area contributed by atoms with Crippen LogP contribution in [-0.4, -0.2) is 49.3 Å². The van der Waals surface area contributed by atoms with Crippen molar-refractivity contribution in [2.45, 2.75) is 6.04 Å². The third-order valence-electron chi connectivity index (χ3n) is 2.24. The van der Waals surface area contributed by atoms with Crippen molar-refractivity contribution in [3.63, 3.8) is 0 Å². The van der Waals surface area contributed by atoms with Crippen LogP contribution in [0.2, 0.25) is 0 Å². The average Bonchev–Trinajstić information content (AvgIpc) is 2.79. The standard InChI is InChI=1S/C11H19N3O4/c1-14-8-9(7-13-14)10(12)11(15)18-6-5-17-4-3-16-2/h7-8,10H,3-6,12H2,1-2H3. The first kappa shape index (κ1) is 14.6. The van der Waals surface area contributed by atoms with Gasteiger partial charge in [-0.25, -0.2) is 4.79 Å². The van der Waals surface area contributed by atoms with Gasteiger partial charge in [-0.1, -0.05) is 0 Å². The molecule has 1 heterocycles. The highest BCUT2D eigenvalue weighted by Gasteiger charge is 2.18. The molecule has 7 nitrogen and oxygen atoms in total. The van der Waals surface area contributed by atoms with Gasteiger partial charge in [0, 0.05) is 25.9 Å². The molecule has 7 heteroatoms. The van der Waals surface area contributed by atoms with Gasteiger partial charge in [0.25, 0.3) is 0 Å². The Kier molecular flexibility index (Phi) is 6.34. The molecule has 0 amide bonds. The molecular weight excluding hydrogens is 238 g/mol. The number of aromatic nitrogens is 2. The van der Waals surface area contributed by atoms with Crippen molar-refractivity contribution in [2.75, 3.05) is 33.5 Å². The Morgan fingerprint density at radius 2 is 2.17 bits per heavy atom. The van der Waals surface area contributed by atoms with Crippen LogP contribution in [0.25, 0.3) is 0 Å². The van der Waals surface area contributed by atoms with Gasteiger partial charge in [-0.15, -0.1) is 0 Å². The Labute approximate surface area is 106 Å². The molecule has 0 aliphatic rings. The summed E-state index contributed by atoms with van der Waals surface area (Å²) in [5.74, 6) is -0.488. The predicted octanol–water partition coefficient (Wildman–Crippen LogP) is -0.374. The Bertz CT molecular complexity index is 367. The van der Waals surface area contributed by atoms with E-state index in [0.29, 0.717) is 25.4 Å². The number of rotatable bonds is 8. The maximum Gasteiger partial charge on any atom is 0.327 e. The van der Waals surface area contributed by atoms with E-state index in [-0.39, 0.29) is 6.61 Å². The van der Waals surface area contributed by atoms with Crippen LogP contribution in [0, 0.1) is 0 Å². The van der Waals surface area contributed by atoms with Gasteiger partial charge in [0.15, 0.2) is 0 Å². The van der Waals surface area contributed by atoms with E-state index >= 15 is 0 Å². The van der Waals surface area contributed by atoms with Crippen molar-refractivity contribution in [1.82, 2.24) is 9.78 Å². The monoisotopic (exact) mass is 257 g/mol. The number of hydrogen-bond donors (Lipinski definition) is 1. The number of carbonyl (C=O) groups excluding carboxylic acids is 1. The maximum absolute atomic E-state index is 11.6. The van der Waals surface area contributed by atoms with Gasteiger partial charge in [0.05, 0.1) is 26.0 Å². The van der Waals surface area contributed by atoms with Crippen LogP contribution in [0.15, 0.2) is 12.4 Å². The van der Waals surface area contributed by atoms with E-state index in [1.54, 1.807) is 31.2 Å². The number of nitrogens with zero attached hydrogens (tertiary/aromatic N) is 2. The fourth-order valence-corrected chi connectivity index (χ4v) is 1.27. The lowest BCUT2D eigenvalue weighted by molar-refractivity contribution is -0.147. The molecule has 102 valence electrons. The summed E-state index contributed by atoms with van der Waals surface area (Å²) in [6.45, 7) is 1.50. The van der Waals surface area contributed by atoms with Gasteiger partial charge in [-0.3, -0.25) is 4.68 Å². The molecule has 2 N–H and O–H groups in total. The minimum Gasteiger partial charge on any atom is -0.462 e. The van der Waals surface area contributed by atoms with Crippen molar-refractivity contribution < 1.29 is 19.0 Å². The molecule has 0 aliphatic heterocycles. The summed E-state index contributed by atoms with van der Waals surface area (Å²) in [5.41, 5.74) is 6.35. The zero-order chi connectivity index (χ0) is 13.4. The number of carbonyl (C=O) groups is 1. The van der Waals surface area contributed by atoms with Crippen LogP contribution in [0.4, 0.5) is 0 Å². The van der Waals surface area contributed by atoms with E-state index in [0.717, 1.165) is 0 Å². The molecule has 0 spiro atoms. The molecule has 1 unspecified atom stereocenters. The van der Waals surface area contributed by atoms with Gasteiger partial charge >= 0.3 is 5.97 Å². The van der Waals surface area contributed by atoms with Gasteiger partial charge in [-0.2, -0.15) is 5.10 Å². The second-order valence-corrected chi connectivity index (χ2v) is 3.70. The number of nitrogens with two attached hydrogens (primary N) is 1. The van der Waals surface area contributed by atoms with Gasteiger partial charge in [-0.05, 0) is 0 Å². The summed E-state index contributed by atoms with van der Waals surface area (Å²) in [4.78, 5) is 11.6. The average molecular weight is 257 g/mol. The summed E-state index contributed by atoms with van der Waals surface area (Å²) in [6, 6.07) is -0.808. The number of ether oxygens (including phenoxy) is 3. The maximum atomic E-state index is 11.6. The number of hydrogen-bond acceptors (Lipinski definition) is 6. The van der Waals surface area contributed by atoms with E-state index in [1.165, 1.54) is 0 Å². The SMILES string of the molecule is COCCOCCOC(=O)C(N)c1cnn(C)c1. The van der Waals surface area contributed by atoms with E-state index in [2.05, 4.69) is 5.10 Å². The minimum atomic E-state index is -0.808. The first-order valence-electron chi connectivity index (χ1n) is 5.62. The van der Waals surface area contributed by atoms with Crippen LogP contribution in [0.1, 0.15) is 11.6 Å². The molecular formula is C11H19N3O4. The van der Waals surface area contributed by atoms with Crippen LogP contribution >= 0.6 is 0 Å². The van der Waals surface area contributed by atoms with Crippen LogP contribution < -0.4 is 5.73 Å². The molecule has 1 aromatic rings. The topological polar surface area (TPSA) is 88.6 Å². The van der Waals surface area contributed by atoms with Crippen molar-refractivity contribution in [1.29, 1.82) is 0 Å². The van der Waals surface area contributed by atoms with Crippen molar-refractivity contribution in [3.05, 3.63) is 18.0 Å². The highest BCUT2D eigenvalue weighted by Crippen LogP contribution is 2.09. The second-order valence-electron chi connectivity index (χ2n) is 3.70. The molecule has 18 heavy (non-hydrogen) atoms. The minimum absolute atomic E-state index is 0.177. The second kappa shape index (κ2) is 7.80. The number of esters is 1. The lowest BCUT2D eigenvalue weighted by Crippen LogP contribution is -2.25. The summed E-state index contributed by atoms with van der Waals surface area (Å²) in [6.07, 6.45) is 3.22. The molecule has 0 aliphatic carbocycles. The highest BCUT2D eigenvalue weighted by molar-refractivity contribution is 5.77. The normalized spacial score (nSPS) is 12.4. The lowest BCUT2D eigenvalue weighted by atomic mass is 10.2. The molecule has 1 aromatic heterocycles. The molecule has 0 radical (unpaired) electrons. The van der Waals surface area contributed by atoms with Crippen molar-refractivity contribution in [2.24, 2.45) is 12.8 Å². The Morgan fingerprint density at radius 1 is 1.44 bits per heavy atom. The summed E-state index contributed by atoms with van der Waals surface area (Å²) < 4.78 is 16.5. The third kappa shape index (κ3) is 4.82. The van der Waals surface area contributed by atoms with Crippen LogP contribution in [0.3, 0.4) is 0 Å². The summed E-state index contributed by atoms with van der Waals surface area (Å²) >= 11 is 0. The summed E-state index contributed by atoms with van der Waals surface area (Å²) in [5, 5.41) is 3.94. The number of methoxy groups -OCH3 is 1. The molecule has 0 bridgehead atoms. The molecule has 0 fully saturated rings. The smallest absolute Gasteiger partial charge is 0.327 e. The fourth-order valence-electron chi connectivity index (χ4n) is 1.27. The zero-order valence-electron chi connectivity index (χ0n) is 10.7. The Morgan fingerprint density at radius 3 is 2.78 bits per heavy atom. The van der Waals surface area contributed by atoms with Gasteiger partial charge < -0.3 is 19.9 Å². The molecule has 1 rings (SSSR count). The lowest BCUT2D eigenvalue weighted by Gasteiger charge is -2.10. The Balaban J connectivity index is 2.20. The third-order valence-corrected chi connectivity index (χ3v) is 2.24. The van der Waals surface area contributed by atoms with E-state index in [1.807, 2.05) is 0 Å². The molecule has 0 saturated carbocycles. The van der Waals surface area contributed by atoms with Gasteiger partial charge in [0.2, 0.25) is 0 Å². The van der Waals surface area contributed by atoms with Crippen LogP contribution in [-0.2, 0) is 26.1 Å². The summed E-state index contributed by atoms with van der Waals surface area (Å²) in [7, 11) is 3.35. The number of aryl methyl sites for hydroxylation is 1. The largest absolute Gasteiger partial charge is 0.462 e. The quantitative estimate of drug-likeness (QED) is 0.505. The van der Waals surface area contributed by atoms with E-state index in [4.69, 9.17) is 19.9 Å². The fraction of sp³-hybridized carbons (Fsp3) is 0.636. The van der Waals surface area contributed by atoms with Crippen molar-refractivity contribution >= 4 is 5.97 Å². The highest BCUT2D eigenvalue weighted by atomic mass is 16.6.